The second kappa shape index (κ2) is 6.47. The van der Waals surface area contributed by atoms with Crippen molar-refractivity contribution in [3.05, 3.63) is 24.3 Å². The van der Waals surface area contributed by atoms with Gasteiger partial charge in [0.1, 0.15) is 5.75 Å². The predicted octanol–water partition coefficient (Wildman–Crippen LogP) is 1.89. The molecule has 1 atom stereocenters. The highest BCUT2D eigenvalue weighted by atomic mass is 16.5. The summed E-state index contributed by atoms with van der Waals surface area (Å²) in [5.41, 5.74) is 0.344. The molecule has 96 valence electrons. The molecular weight excluding hydrogens is 218 g/mol. The van der Waals surface area contributed by atoms with Gasteiger partial charge in [0.2, 0.25) is 0 Å². The van der Waals surface area contributed by atoms with Gasteiger partial charge in [-0.05, 0) is 26.0 Å². The van der Waals surface area contributed by atoms with Gasteiger partial charge in [-0.15, -0.1) is 0 Å². The van der Waals surface area contributed by atoms with Crippen molar-refractivity contribution in [1.82, 2.24) is 0 Å². The number of rotatable bonds is 7. The van der Waals surface area contributed by atoms with E-state index in [2.05, 4.69) is 5.32 Å². The number of methoxy groups -OCH3 is 1. The molecule has 0 heterocycles. The third-order valence-corrected chi connectivity index (χ3v) is 2.52. The summed E-state index contributed by atoms with van der Waals surface area (Å²) < 4.78 is 10.6. The van der Waals surface area contributed by atoms with E-state index in [1.54, 1.807) is 7.11 Å². The Labute approximate surface area is 103 Å². The van der Waals surface area contributed by atoms with Crippen LogP contribution in [0.5, 0.6) is 5.75 Å². The van der Waals surface area contributed by atoms with Crippen molar-refractivity contribution in [2.24, 2.45) is 0 Å². The first-order chi connectivity index (χ1) is 8.15. The van der Waals surface area contributed by atoms with Gasteiger partial charge in [0, 0.05) is 6.61 Å². The molecule has 1 unspecified atom stereocenters. The molecule has 0 saturated carbocycles. The molecule has 0 aromatic heterocycles. The monoisotopic (exact) mass is 239 g/mol. The van der Waals surface area contributed by atoms with Crippen LogP contribution in [0.3, 0.4) is 0 Å². The number of aliphatic hydroxyl groups excluding tert-OH is 1. The minimum Gasteiger partial charge on any atom is -0.495 e. The molecule has 1 aromatic rings. The van der Waals surface area contributed by atoms with Crippen molar-refractivity contribution in [2.75, 3.05) is 32.2 Å². The normalized spacial score (nSPS) is 14.1. The zero-order valence-electron chi connectivity index (χ0n) is 10.7. The minimum absolute atomic E-state index is 0.00888. The summed E-state index contributed by atoms with van der Waals surface area (Å²) in [6.07, 6.45) is 0. The fourth-order valence-electron chi connectivity index (χ4n) is 1.52. The van der Waals surface area contributed by atoms with E-state index in [0.717, 1.165) is 11.4 Å². The first-order valence-electron chi connectivity index (χ1n) is 5.75. The Balaban J connectivity index is 2.79. The third-order valence-electron chi connectivity index (χ3n) is 2.52. The van der Waals surface area contributed by atoms with E-state index in [-0.39, 0.29) is 6.61 Å². The average Bonchev–Trinajstić information content (AvgIpc) is 2.37. The smallest absolute Gasteiger partial charge is 0.141 e. The standard InChI is InChI=1S/C13H21NO3/c1-4-17-10-13(2,9-15)14-11-7-5-6-8-12(11)16-3/h5-8,14-15H,4,9-10H2,1-3H3. The number of ether oxygens (including phenoxy) is 2. The quantitative estimate of drug-likeness (QED) is 0.763. The van der Waals surface area contributed by atoms with Gasteiger partial charge in [-0.3, -0.25) is 0 Å². The van der Waals surface area contributed by atoms with Gasteiger partial charge in [-0.2, -0.15) is 0 Å². The second-order valence-electron chi connectivity index (χ2n) is 4.18. The lowest BCUT2D eigenvalue weighted by Crippen LogP contribution is -2.43. The zero-order valence-corrected chi connectivity index (χ0v) is 10.7. The summed E-state index contributed by atoms with van der Waals surface area (Å²) >= 11 is 0. The second-order valence-corrected chi connectivity index (χ2v) is 4.18. The molecule has 17 heavy (non-hydrogen) atoms. The fraction of sp³-hybridized carbons (Fsp3) is 0.538. The van der Waals surface area contributed by atoms with E-state index in [1.165, 1.54) is 0 Å². The van der Waals surface area contributed by atoms with Gasteiger partial charge in [0.05, 0.1) is 31.5 Å². The van der Waals surface area contributed by atoms with Crippen LogP contribution in [0, 0.1) is 0 Å². The van der Waals surface area contributed by atoms with E-state index in [9.17, 15) is 5.11 Å². The Hall–Kier alpha value is -1.26. The molecule has 4 heteroatoms. The number of benzene rings is 1. The predicted molar refractivity (Wildman–Crippen MR) is 68.6 cm³/mol. The highest BCUT2D eigenvalue weighted by Crippen LogP contribution is 2.26. The topological polar surface area (TPSA) is 50.7 Å². The molecule has 0 aliphatic rings. The summed E-state index contributed by atoms with van der Waals surface area (Å²) in [6.45, 7) is 4.91. The Bertz CT molecular complexity index is 343. The van der Waals surface area contributed by atoms with Gasteiger partial charge < -0.3 is 19.9 Å². The number of anilines is 1. The van der Waals surface area contributed by atoms with Gasteiger partial charge in [0.15, 0.2) is 0 Å². The van der Waals surface area contributed by atoms with Gasteiger partial charge in [-0.1, -0.05) is 12.1 Å². The Morgan fingerprint density at radius 1 is 1.35 bits per heavy atom. The molecule has 2 N–H and O–H groups in total. The summed E-state index contributed by atoms with van der Waals surface area (Å²) in [5, 5.41) is 12.7. The van der Waals surface area contributed by atoms with Crippen molar-refractivity contribution in [1.29, 1.82) is 0 Å². The first kappa shape index (κ1) is 13.8. The van der Waals surface area contributed by atoms with Crippen LogP contribution in [0.25, 0.3) is 0 Å². The van der Waals surface area contributed by atoms with E-state index < -0.39 is 5.54 Å². The van der Waals surface area contributed by atoms with Crippen molar-refractivity contribution in [3.8, 4) is 5.75 Å². The minimum atomic E-state index is -0.509. The van der Waals surface area contributed by atoms with Crippen LogP contribution >= 0.6 is 0 Å². The van der Waals surface area contributed by atoms with E-state index in [1.807, 2.05) is 38.1 Å². The number of hydrogen-bond donors (Lipinski definition) is 2. The van der Waals surface area contributed by atoms with Crippen LogP contribution in [0.15, 0.2) is 24.3 Å². The fourth-order valence-corrected chi connectivity index (χ4v) is 1.52. The van der Waals surface area contributed by atoms with E-state index in [4.69, 9.17) is 9.47 Å². The molecule has 0 amide bonds. The lowest BCUT2D eigenvalue weighted by Gasteiger charge is -2.30. The largest absolute Gasteiger partial charge is 0.495 e. The van der Waals surface area contributed by atoms with Crippen LogP contribution < -0.4 is 10.1 Å². The van der Waals surface area contributed by atoms with Gasteiger partial charge >= 0.3 is 0 Å². The summed E-state index contributed by atoms with van der Waals surface area (Å²) in [4.78, 5) is 0. The summed E-state index contributed by atoms with van der Waals surface area (Å²) in [7, 11) is 1.62. The van der Waals surface area contributed by atoms with Crippen LogP contribution in [0.1, 0.15) is 13.8 Å². The van der Waals surface area contributed by atoms with Gasteiger partial charge in [-0.25, -0.2) is 0 Å². The molecular formula is C13H21NO3. The van der Waals surface area contributed by atoms with Gasteiger partial charge in [0.25, 0.3) is 0 Å². The molecule has 1 rings (SSSR count). The molecule has 0 saturated heterocycles. The Morgan fingerprint density at radius 2 is 2.06 bits per heavy atom. The highest BCUT2D eigenvalue weighted by molar-refractivity contribution is 5.57. The molecule has 0 bridgehead atoms. The lowest BCUT2D eigenvalue weighted by molar-refractivity contribution is 0.0796. The maximum Gasteiger partial charge on any atom is 0.141 e. The maximum absolute atomic E-state index is 9.45. The Morgan fingerprint density at radius 3 is 2.65 bits per heavy atom. The first-order valence-corrected chi connectivity index (χ1v) is 5.75. The van der Waals surface area contributed by atoms with Crippen LogP contribution in [-0.4, -0.2) is 37.6 Å². The van der Waals surface area contributed by atoms with Crippen molar-refractivity contribution >= 4 is 5.69 Å². The van der Waals surface area contributed by atoms with Crippen LogP contribution in [0.4, 0.5) is 5.69 Å². The van der Waals surface area contributed by atoms with E-state index in [0.29, 0.717) is 13.2 Å². The van der Waals surface area contributed by atoms with Crippen molar-refractivity contribution in [2.45, 2.75) is 19.4 Å². The third kappa shape index (κ3) is 3.91. The number of para-hydroxylation sites is 2. The molecule has 0 aliphatic carbocycles. The lowest BCUT2D eigenvalue weighted by atomic mass is 10.0. The molecule has 0 fully saturated rings. The Kier molecular flexibility index (Phi) is 5.25. The van der Waals surface area contributed by atoms with Crippen LogP contribution in [-0.2, 0) is 4.74 Å². The summed E-state index contributed by atoms with van der Waals surface area (Å²) in [6, 6.07) is 7.62. The SMILES string of the molecule is CCOCC(C)(CO)Nc1ccccc1OC. The molecule has 0 spiro atoms. The molecule has 0 aliphatic heterocycles. The number of hydrogen-bond acceptors (Lipinski definition) is 4. The number of nitrogens with one attached hydrogen (secondary N) is 1. The molecule has 0 radical (unpaired) electrons. The molecule has 4 nitrogen and oxygen atoms in total. The average molecular weight is 239 g/mol. The van der Waals surface area contributed by atoms with E-state index >= 15 is 0 Å². The zero-order chi connectivity index (χ0) is 12.7. The van der Waals surface area contributed by atoms with Crippen LogP contribution in [0.2, 0.25) is 0 Å². The van der Waals surface area contributed by atoms with Crippen molar-refractivity contribution in [3.63, 3.8) is 0 Å². The highest BCUT2D eigenvalue weighted by Gasteiger charge is 2.24. The molecule has 1 aromatic carbocycles. The summed E-state index contributed by atoms with van der Waals surface area (Å²) in [5.74, 6) is 0.753. The maximum atomic E-state index is 9.45. The number of aliphatic hydroxyl groups is 1. The van der Waals surface area contributed by atoms with Crippen molar-refractivity contribution < 1.29 is 14.6 Å².